The normalized spacial score (nSPS) is 32.1. The second-order valence-electron chi connectivity index (χ2n) is 8.07. The highest BCUT2D eigenvalue weighted by atomic mass is 32.1. The molecule has 0 unspecified atom stereocenters. The number of carbonyl (C=O) groups is 3. The highest BCUT2D eigenvalue weighted by Crippen LogP contribution is 2.52. The third-order valence-electron chi connectivity index (χ3n) is 6.45. The SMILES string of the molecule is C[C@@H]1CCc2c(C(=O)NNC(=O)[C@@H]3[C@@H]4CC[C@@H](C4)[C@@H]3C(=O)O)csc2C1. The van der Waals surface area contributed by atoms with Crippen LogP contribution in [0.15, 0.2) is 5.38 Å². The van der Waals surface area contributed by atoms with E-state index >= 15 is 0 Å². The van der Waals surface area contributed by atoms with Crippen molar-refractivity contribution in [1.82, 2.24) is 10.9 Å². The molecular weight excluding hydrogens is 352 g/mol. The topological polar surface area (TPSA) is 95.5 Å². The van der Waals surface area contributed by atoms with E-state index in [4.69, 9.17) is 0 Å². The first-order valence-electron chi connectivity index (χ1n) is 9.38. The summed E-state index contributed by atoms with van der Waals surface area (Å²) in [7, 11) is 0. The first-order valence-corrected chi connectivity index (χ1v) is 10.3. The van der Waals surface area contributed by atoms with Gasteiger partial charge in [-0.05, 0) is 61.8 Å². The van der Waals surface area contributed by atoms with E-state index in [0.29, 0.717) is 11.5 Å². The second kappa shape index (κ2) is 6.68. The van der Waals surface area contributed by atoms with Crippen LogP contribution >= 0.6 is 11.3 Å². The quantitative estimate of drug-likeness (QED) is 0.706. The Morgan fingerprint density at radius 1 is 1.12 bits per heavy atom. The van der Waals surface area contributed by atoms with Gasteiger partial charge in [-0.1, -0.05) is 6.92 Å². The fourth-order valence-corrected chi connectivity index (χ4v) is 6.41. The summed E-state index contributed by atoms with van der Waals surface area (Å²) >= 11 is 1.61. The van der Waals surface area contributed by atoms with Gasteiger partial charge in [-0.25, -0.2) is 0 Å². The lowest BCUT2D eigenvalue weighted by atomic mass is 9.79. The molecule has 1 aromatic rings. The van der Waals surface area contributed by atoms with Crippen molar-refractivity contribution in [3.8, 4) is 0 Å². The van der Waals surface area contributed by atoms with Crippen molar-refractivity contribution < 1.29 is 19.5 Å². The number of hydrogen-bond acceptors (Lipinski definition) is 4. The highest BCUT2D eigenvalue weighted by Gasteiger charge is 2.54. The smallest absolute Gasteiger partial charge is 0.307 e. The molecule has 5 atom stereocenters. The number of rotatable bonds is 3. The van der Waals surface area contributed by atoms with Gasteiger partial charge < -0.3 is 5.11 Å². The van der Waals surface area contributed by atoms with E-state index in [1.807, 2.05) is 5.38 Å². The van der Waals surface area contributed by atoms with Crippen molar-refractivity contribution in [1.29, 1.82) is 0 Å². The number of carbonyl (C=O) groups excluding carboxylic acids is 2. The van der Waals surface area contributed by atoms with Crippen molar-refractivity contribution in [2.24, 2.45) is 29.6 Å². The third kappa shape index (κ3) is 2.92. The first-order chi connectivity index (χ1) is 12.5. The van der Waals surface area contributed by atoms with Crippen molar-refractivity contribution in [3.05, 3.63) is 21.4 Å². The van der Waals surface area contributed by atoms with Crippen LogP contribution < -0.4 is 10.9 Å². The molecule has 0 radical (unpaired) electrons. The van der Waals surface area contributed by atoms with Gasteiger partial charge in [0, 0.05) is 10.3 Å². The molecule has 2 fully saturated rings. The Kier molecular flexibility index (Phi) is 4.50. The molecule has 0 aromatic carbocycles. The van der Waals surface area contributed by atoms with Crippen molar-refractivity contribution in [3.63, 3.8) is 0 Å². The van der Waals surface area contributed by atoms with E-state index in [0.717, 1.165) is 44.1 Å². The number of amides is 2. The summed E-state index contributed by atoms with van der Waals surface area (Å²) in [5.41, 5.74) is 6.76. The number of nitrogens with one attached hydrogen (secondary N) is 2. The minimum Gasteiger partial charge on any atom is -0.481 e. The number of carboxylic acids is 1. The van der Waals surface area contributed by atoms with Crippen LogP contribution in [0.2, 0.25) is 0 Å². The fourth-order valence-electron chi connectivity index (χ4n) is 5.16. The van der Waals surface area contributed by atoms with Crippen LogP contribution in [0.5, 0.6) is 0 Å². The summed E-state index contributed by atoms with van der Waals surface area (Å²) in [6, 6.07) is 0. The Hall–Kier alpha value is -1.89. The Labute approximate surface area is 156 Å². The third-order valence-corrected chi connectivity index (χ3v) is 7.50. The van der Waals surface area contributed by atoms with E-state index in [2.05, 4.69) is 17.8 Å². The van der Waals surface area contributed by atoms with Crippen LogP contribution in [0.3, 0.4) is 0 Å². The molecular formula is C19H24N2O4S. The van der Waals surface area contributed by atoms with Crippen LogP contribution in [0, 0.1) is 29.6 Å². The standard InChI is InChI=1S/C19H24N2O4S/c1-9-2-5-12-13(8-26-14(12)6-9)17(22)20-21-18(23)15-10-3-4-11(7-10)16(15)19(24)25/h8-11,15-16H,2-7H2,1H3,(H,20,22)(H,21,23)(H,24,25)/t9-,10-,11+,15-,16+/m1/s1. The van der Waals surface area contributed by atoms with Gasteiger partial charge in [0.2, 0.25) is 5.91 Å². The van der Waals surface area contributed by atoms with Gasteiger partial charge in [0.05, 0.1) is 17.4 Å². The van der Waals surface area contributed by atoms with Crippen LogP contribution in [0.1, 0.15) is 53.4 Å². The van der Waals surface area contributed by atoms with Crippen LogP contribution in [0.4, 0.5) is 0 Å². The summed E-state index contributed by atoms with van der Waals surface area (Å²) in [6.45, 7) is 2.22. The van der Waals surface area contributed by atoms with Crippen molar-refractivity contribution in [2.75, 3.05) is 0 Å². The van der Waals surface area contributed by atoms with Crippen LogP contribution in [-0.2, 0) is 22.4 Å². The Morgan fingerprint density at radius 2 is 1.85 bits per heavy atom. The van der Waals surface area contributed by atoms with E-state index in [9.17, 15) is 19.5 Å². The predicted octanol–water partition coefficient (Wildman–Crippen LogP) is 2.38. The van der Waals surface area contributed by atoms with Crippen molar-refractivity contribution >= 4 is 29.1 Å². The lowest BCUT2D eigenvalue weighted by Crippen LogP contribution is -2.48. The average Bonchev–Trinajstić information content (AvgIpc) is 3.32. The molecule has 3 aliphatic carbocycles. The molecule has 0 saturated heterocycles. The highest BCUT2D eigenvalue weighted by molar-refractivity contribution is 7.10. The minimum atomic E-state index is -0.898. The molecule has 7 heteroatoms. The lowest BCUT2D eigenvalue weighted by molar-refractivity contribution is -0.149. The fraction of sp³-hybridized carbons (Fsp3) is 0.632. The molecule has 140 valence electrons. The minimum absolute atomic E-state index is 0.0924. The number of carboxylic acid groups (broad SMARTS) is 1. The van der Waals surface area contributed by atoms with E-state index in [1.165, 1.54) is 4.88 Å². The molecule has 3 aliphatic rings. The molecule has 1 heterocycles. The molecule has 3 N–H and O–H groups in total. The Morgan fingerprint density at radius 3 is 2.58 bits per heavy atom. The molecule has 4 rings (SSSR count). The number of hydrogen-bond donors (Lipinski definition) is 3. The summed E-state index contributed by atoms with van der Waals surface area (Å²) in [5, 5.41) is 11.3. The van der Waals surface area contributed by atoms with E-state index in [-0.39, 0.29) is 23.7 Å². The molecule has 1 aromatic heterocycles. The largest absolute Gasteiger partial charge is 0.481 e. The van der Waals surface area contributed by atoms with E-state index < -0.39 is 17.8 Å². The predicted molar refractivity (Wildman–Crippen MR) is 96.6 cm³/mol. The van der Waals surface area contributed by atoms with Gasteiger partial charge in [0.25, 0.3) is 5.91 Å². The molecule has 0 aliphatic heterocycles. The van der Waals surface area contributed by atoms with Gasteiger partial charge in [-0.15, -0.1) is 11.3 Å². The molecule has 26 heavy (non-hydrogen) atoms. The number of fused-ring (bicyclic) bond motifs is 3. The Bertz CT molecular complexity index is 759. The molecule has 2 bridgehead atoms. The molecule has 6 nitrogen and oxygen atoms in total. The Balaban J connectivity index is 1.41. The van der Waals surface area contributed by atoms with Gasteiger partial charge in [-0.3, -0.25) is 25.2 Å². The zero-order chi connectivity index (χ0) is 18.4. The maximum atomic E-state index is 12.6. The van der Waals surface area contributed by atoms with E-state index in [1.54, 1.807) is 11.3 Å². The molecule has 2 amide bonds. The second-order valence-corrected chi connectivity index (χ2v) is 9.03. The van der Waals surface area contributed by atoms with Gasteiger partial charge in [-0.2, -0.15) is 0 Å². The van der Waals surface area contributed by atoms with Gasteiger partial charge >= 0.3 is 5.97 Å². The molecule has 0 spiro atoms. The monoisotopic (exact) mass is 376 g/mol. The number of thiophene rings is 1. The summed E-state index contributed by atoms with van der Waals surface area (Å²) in [6.07, 6.45) is 5.56. The maximum absolute atomic E-state index is 12.6. The van der Waals surface area contributed by atoms with Crippen LogP contribution in [0.25, 0.3) is 0 Å². The average molecular weight is 376 g/mol. The molecule has 2 saturated carbocycles. The first kappa shape index (κ1) is 17.5. The summed E-state index contributed by atoms with van der Waals surface area (Å²) < 4.78 is 0. The number of hydrazine groups is 1. The van der Waals surface area contributed by atoms with Gasteiger partial charge in [0.1, 0.15) is 0 Å². The summed E-state index contributed by atoms with van der Waals surface area (Å²) in [5.74, 6) is -1.88. The zero-order valence-electron chi connectivity index (χ0n) is 14.8. The lowest BCUT2D eigenvalue weighted by Gasteiger charge is -2.27. The zero-order valence-corrected chi connectivity index (χ0v) is 15.6. The van der Waals surface area contributed by atoms with Gasteiger partial charge in [0.15, 0.2) is 0 Å². The van der Waals surface area contributed by atoms with Crippen LogP contribution in [-0.4, -0.2) is 22.9 Å². The maximum Gasteiger partial charge on any atom is 0.307 e. The van der Waals surface area contributed by atoms with Crippen molar-refractivity contribution in [2.45, 2.75) is 45.4 Å². The summed E-state index contributed by atoms with van der Waals surface area (Å²) in [4.78, 5) is 37.9. The number of aliphatic carboxylic acids is 1.